The molecule has 0 aliphatic heterocycles. The van der Waals surface area contributed by atoms with Gasteiger partial charge in [-0.2, -0.15) is 0 Å². The Morgan fingerprint density at radius 3 is 2.95 bits per heavy atom. The molecule has 0 saturated carbocycles. The van der Waals surface area contributed by atoms with E-state index in [-0.39, 0.29) is 17.4 Å². The number of nitrogens with one attached hydrogen (secondary N) is 1. The third-order valence-electron chi connectivity index (χ3n) is 1.78. The molecule has 0 aliphatic carbocycles. The lowest BCUT2D eigenvalue weighted by atomic mass is 10.3. The van der Waals surface area contributed by atoms with Gasteiger partial charge in [-0.3, -0.25) is 4.79 Å². The molecule has 9 nitrogen and oxygen atoms in total. The van der Waals surface area contributed by atoms with Crippen molar-refractivity contribution in [1.29, 1.82) is 0 Å². The first-order chi connectivity index (χ1) is 9.58. The summed E-state index contributed by atoms with van der Waals surface area (Å²) in [6.45, 7) is 1.30. The second-order valence-electron chi connectivity index (χ2n) is 3.12. The maximum absolute atomic E-state index is 11.0. The van der Waals surface area contributed by atoms with E-state index in [0.717, 1.165) is 11.3 Å². The Kier molecular flexibility index (Phi) is 6.10. The van der Waals surface area contributed by atoms with E-state index in [1.165, 1.54) is 5.38 Å². The number of carboxylic acid groups (broad SMARTS) is 1. The summed E-state index contributed by atoms with van der Waals surface area (Å²) < 4.78 is 4.58. The first kappa shape index (κ1) is 15.6. The first-order valence-electron chi connectivity index (χ1n) is 5.33. The normalized spacial score (nSPS) is 10.8. The van der Waals surface area contributed by atoms with Crippen molar-refractivity contribution in [3.8, 4) is 0 Å². The molecule has 0 fully saturated rings. The number of rotatable bonds is 8. The molecule has 0 atom stereocenters. The molecule has 1 aromatic heterocycles. The minimum atomic E-state index is -1.38. The number of hydrogen-bond donors (Lipinski definition) is 2. The Bertz CT molecular complexity index is 527. The Labute approximate surface area is 117 Å². The smallest absolute Gasteiger partial charge is 0.360 e. The third kappa shape index (κ3) is 4.65. The number of carbonyl (C=O) groups excluding carboxylic acids is 2. The number of amides is 1. The van der Waals surface area contributed by atoms with Crippen molar-refractivity contribution in [2.75, 3.05) is 18.5 Å². The fraction of sp³-hybridized carbons (Fsp3) is 0.300. The summed E-state index contributed by atoms with van der Waals surface area (Å²) in [5.41, 5.74) is -0.472. The van der Waals surface area contributed by atoms with E-state index < -0.39 is 24.3 Å². The Balaban J connectivity index is 2.74. The van der Waals surface area contributed by atoms with Gasteiger partial charge in [-0.1, -0.05) is 5.16 Å². The maximum Gasteiger partial charge on any atom is 0.360 e. The molecule has 0 unspecified atom stereocenters. The largest absolute Gasteiger partial charge is 0.476 e. The summed E-state index contributed by atoms with van der Waals surface area (Å²) in [5, 5.41) is 16.2. The molecule has 10 heteroatoms. The van der Waals surface area contributed by atoms with Crippen LogP contribution in [0.15, 0.2) is 10.5 Å². The minimum Gasteiger partial charge on any atom is -0.476 e. The Hall–Kier alpha value is -2.49. The monoisotopic (exact) mass is 301 g/mol. The zero-order chi connectivity index (χ0) is 15.0. The highest BCUT2D eigenvalue weighted by Gasteiger charge is 2.18. The molecule has 0 saturated heterocycles. The first-order valence-corrected chi connectivity index (χ1v) is 6.21. The molecule has 1 rings (SSSR count). The number of hydrogen-bond acceptors (Lipinski definition) is 8. The molecule has 0 radical (unpaired) electrons. The zero-order valence-electron chi connectivity index (χ0n) is 10.4. The topological polar surface area (TPSA) is 127 Å². The van der Waals surface area contributed by atoms with Crippen LogP contribution < -0.4 is 5.32 Å². The van der Waals surface area contributed by atoms with Crippen molar-refractivity contribution in [2.45, 2.75) is 6.92 Å². The van der Waals surface area contributed by atoms with E-state index in [4.69, 9.17) is 5.11 Å². The number of ether oxygens (including phenoxy) is 1. The van der Waals surface area contributed by atoms with Gasteiger partial charge in [0.15, 0.2) is 5.13 Å². The van der Waals surface area contributed by atoms with Crippen LogP contribution in [0.25, 0.3) is 0 Å². The van der Waals surface area contributed by atoms with Crippen LogP contribution >= 0.6 is 11.3 Å². The number of esters is 1. The van der Waals surface area contributed by atoms with Crippen LogP contribution in [0.4, 0.5) is 5.13 Å². The number of aliphatic carboxylic acids is 1. The number of nitrogens with zero attached hydrogens (tertiary/aromatic N) is 2. The third-order valence-corrected chi connectivity index (χ3v) is 2.55. The van der Waals surface area contributed by atoms with Crippen LogP contribution in [0.2, 0.25) is 0 Å². The molecule has 1 aromatic rings. The Morgan fingerprint density at radius 1 is 1.60 bits per heavy atom. The van der Waals surface area contributed by atoms with E-state index >= 15 is 0 Å². The maximum atomic E-state index is 11.0. The zero-order valence-corrected chi connectivity index (χ0v) is 11.2. The van der Waals surface area contributed by atoms with Crippen LogP contribution in [-0.4, -0.2) is 47.4 Å². The lowest BCUT2D eigenvalue weighted by Crippen LogP contribution is -2.17. The van der Waals surface area contributed by atoms with Gasteiger partial charge in [0.2, 0.25) is 18.7 Å². The predicted molar refractivity (Wildman–Crippen MR) is 68.6 cm³/mol. The number of aromatic nitrogens is 1. The number of anilines is 1. The highest BCUT2D eigenvalue weighted by molar-refractivity contribution is 7.14. The van der Waals surface area contributed by atoms with Crippen molar-refractivity contribution in [2.24, 2.45) is 5.16 Å². The number of oxime groups is 1. The van der Waals surface area contributed by atoms with E-state index in [1.54, 1.807) is 6.92 Å². The van der Waals surface area contributed by atoms with Gasteiger partial charge in [-0.15, -0.1) is 11.3 Å². The highest BCUT2D eigenvalue weighted by atomic mass is 32.1. The van der Waals surface area contributed by atoms with Crippen molar-refractivity contribution < 1.29 is 29.1 Å². The van der Waals surface area contributed by atoms with E-state index in [0.29, 0.717) is 6.41 Å². The molecule has 1 heterocycles. The molecule has 1 amide bonds. The minimum absolute atomic E-state index is 0.00992. The van der Waals surface area contributed by atoms with Crippen molar-refractivity contribution in [3.05, 3.63) is 11.1 Å². The summed E-state index contributed by atoms with van der Waals surface area (Å²) in [7, 11) is 0. The van der Waals surface area contributed by atoms with Crippen molar-refractivity contribution in [3.63, 3.8) is 0 Å². The average Bonchev–Trinajstić information content (AvgIpc) is 2.83. The van der Waals surface area contributed by atoms with Gasteiger partial charge in [0.1, 0.15) is 5.69 Å². The van der Waals surface area contributed by atoms with Crippen molar-refractivity contribution >= 4 is 40.5 Å². The predicted octanol–water partition coefficient (Wildman–Crippen LogP) is 0.0798. The quantitative estimate of drug-likeness (QED) is 0.301. The SMILES string of the molecule is CCOC(=O)CON=C(C(=O)O)c1csc(NC=O)n1. The summed E-state index contributed by atoms with van der Waals surface area (Å²) in [4.78, 5) is 40.7. The van der Waals surface area contributed by atoms with Crippen LogP contribution in [0.1, 0.15) is 12.6 Å². The van der Waals surface area contributed by atoms with E-state index in [2.05, 4.69) is 25.0 Å². The van der Waals surface area contributed by atoms with Gasteiger partial charge < -0.3 is 20.0 Å². The van der Waals surface area contributed by atoms with Crippen LogP contribution in [0.5, 0.6) is 0 Å². The van der Waals surface area contributed by atoms with Crippen LogP contribution in [0, 0.1) is 0 Å². The van der Waals surface area contributed by atoms with Gasteiger partial charge in [0, 0.05) is 5.38 Å². The van der Waals surface area contributed by atoms with Crippen LogP contribution in [0.3, 0.4) is 0 Å². The molecule has 20 heavy (non-hydrogen) atoms. The molecular weight excluding hydrogens is 290 g/mol. The van der Waals surface area contributed by atoms with Gasteiger partial charge in [0.05, 0.1) is 6.61 Å². The van der Waals surface area contributed by atoms with E-state index in [1.807, 2.05) is 0 Å². The molecule has 0 bridgehead atoms. The summed E-state index contributed by atoms with van der Waals surface area (Å²) in [5.74, 6) is -2.04. The molecule has 2 N–H and O–H groups in total. The molecular formula is C10H11N3O6S. The fourth-order valence-corrected chi connectivity index (χ4v) is 1.70. The number of carbonyl (C=O) groups is 3. The summed E-state index contributed by atoms with van der Waals surface area (Å²) in [6, 6.07) is 0. The fourth-order valence-electron chi connectivity index (χ4n) is 1.05. The van der Waals surface area contributed by atoms with Gasteiger partial charge >= 0.3 is 11.9 Å². The lowest BCUT2D eigenvalue weighted by molar-refractivity contribution is -0.148. The molecule has 0 aromatic carbocycles. The van der Waals surface area contributed by atoms with Crippen molar-refractivity contribution in [1.82, 2.24) is 4.98 Å². The average molecular weight is 301 g/mol. The molecule has 108 valence electrons. The standard InChI is InChI=1S/C10H11N3O6S/c1-2-18-7(15)3-19-13-8(9(16)17)6-4-20-10(12-6)11-5-14/h4-5H,2-3H2,1H3,(H,16,17)(H,11,12,14). The second kappa shape index (κ2) is 7.84. The van der Waals surface area contributed by atoms with Gasteiger partial charge in [0.25, 0.3) is 0 Å². The van der Waals surface area contributed by atoms with Gasteiger partial charge in [-0.05, 0) is 6.92 Å². The number of carboxylic acids is 1. The van der Waals surface area contributed by atoms with Crippen LogP contribution in [-0.2, 0) is 24.0 Å². The number of thiazole rings is 1. The summed E-state index contributed by atoms with van der Waals surface area (Å²) in [6.07, 6.45) is 0.414. The van der Waals surface area contributed by atoms with Gasteiger partial charge in [-0.25, -0.2) is 14.6 Å². The second-order valence-corrected chi connectivity index (χ2v) is 3.98. The lowest BCUT2D eigenvalue weighted by Gasteiger charge is -2.01. The Morgan fingerprint density at radius 2 is 2.35 bits per heavy atom. The van der Waals surface area contributed by atoms with E-state index in [9.17, 15) is 14.4 Å². The molecule has 0 spiro atoms. The summed E-state index contributed by atoms with van der Waals surface area (Å²) >= 11 is 1.02. The molecule has 0 aliphatic rings. The highest BCUT2D eigenvalue weighted by Crippen LogP contribution is 2.15.